The number of unbranched alkanes of at least 4 members (excludes halogenated alkanes) is 14. The predicted octanol–water partition coefficient (Wildman–Crippen LogP) is 7.42. The second-order valence-electron chi connectivity index (χ2n) is 7.32. The van der Waals surface area contributed by atoms with E-state index in [2.05, 4.69) is 6.92 Å². The molecule has 150 valence electrons. The second kappa shape index (κ2) is 21.7. The highest BCUT2D eigenvalue weighted by Crippen LogP contribution is 2.13. The number of nitrogens with two attached hydrogens (primary N) is 1. The van der Waals surface area contributed by atoms with E-state index in [0.717, 1.165) is 6.42 Å². The van der Waals surface area contributed by atoms with Gasteiger partial charge in [-0.3, -0.25) is 4.79 Å². The number of hydrogen-bond acceptors (Lipinski definition) is 1. The van der Waals surface area contributed by atoms with Crippen LogP contribution in [0.4, 0.5) is 0 Å². The van der Waals surface area contributed by atoms with Gasteiger partial charge in [0.1, 0.15) is 0 Å². The molecule has 0 bridgehead atoms. The lowest BCUT2D eigenvalue weighted by Crippen LogP contribution is -2.09. The molecule has 0 radical (unpaired) electrons. The van der Waals surface area contributed by atoms with E-state index < -0.39 is 0 Å². The third-order valence-corrected chi connectivity index (χ3v) is 4.69. The first kappa shape index (κ1) is 24.7. The monoisotopic (exact) mass is 361 g/mol. The lowest BCUT2D eigenvalue weighted by Gasteiger charge is -2.03. The second-order valence-corrected chi connectivity index (χ2v) is 7.32. The molecule has 2 heteroatoms. The molecule has 1 rings (SSSR count). The molecule has 0 atom stereocenters. The van der Waals surface area contributed by atoms with E-state index in [-0.39, 0.29) is 5.91 Å². The van der Waals surface area contributed by atoms with Crippen LogP contribution in [0.3, 0.4) is 0 Å². The topological polar surface area (TPSA) is 43.1 Å². The van der Waals surface area contributed by atoms with E-state index in [1.807, 2.05) is 36.4 Å². The molecule has 1 amide bonds. The van der Waals surface area contributed by atoms with E-state index in [4.69, 9.17) is 5.73 Å². The zero-order chi connectivity index (χ0) is 19.1. The lowest BCUT2D eigenvalue weighted by molar-refractivity contribution is -0.118. The van der Waals surface area contributed by atoms with Crippen LogP contribution in [0.25, 0.3) is 0 Å². The third kappa shape index (κ3) is 22.7. The number of rotatable bonds is 16. The number of carbonyl (C=O) groups excluding carboxylic acids is 1. The summed E-state index contributed by atoms with van der Waals surface area (Å²) in [7, 11) is 0. The van der Waals surface area contributed by atoms with Gasteiger partial charge >= 0.3 is 0 Å². The van der Waals surface area contributed by atoms with Crippen LogP contribution in [0, 0.1) is 0 Å². The maximum atomic E-state index is 10.6. The molecule has 0 aliphatic carbocycles. The van der Waals surface area contributed by atoms with Gasteiger partial charge in [0.05, 0.1) is 0 Å². The van der Waals surface area contributed by atoms with Gasteiger partial charge in [-0.15, -0.1) is 0 Å². The minimum absolute atomic E-state index is 0.153. The van der Waals surface area contributed by atoms with Crippen molar-refractivity contribution in [2.45, 2.75) is 110 Å². The van der Waals surface area contributed by atoms with Gasteiger partial charge in [-0.1, -0.05) is 133 Å². The van der Waals surface area contributed by atoms with Crippen LogP contribution in [0.15, 0.2) is 36.4 Å². The van der Waals surface area contributed by atoms with Crippen molar-refractivity contribution in [3.63, 3.8) is 0 Å². The molecule has 0 spiro atoms. The van der Waals surface area contributed by atoms with Crippen LogP contribution < -0.4 is 5.73 Å². The molecule has 0 heterocycles. The summed E-state index contributed by atoms with van der Waals surface area (Å²) in [5, 5.41) is 0. The highest BCUT2D eigenvalue weighted by molar-refractivity contribution is 5.73. The van der Waals surface area contributed by atoms with Crippen molar-refractivity contribution >= 4 is 5.91 Å². The predicted molar refractivity (Wildman–Crippen MR) is 115 cm³/mol. The molecule has 0 unspecified atom stereocenters. The maximum absolute atomic E-state index is 10.6. The Bertz CT molecular complexity index is 350. The number of primary amides is 1. The van der Waals surface area contributed by atoms with Crippen molar-refractivity contribution in [1.29, 1.82) is 0 Å². The summed E-state index contributed by atoms with van der Waals surface area (Å²) in [5.74, 6) is -0.153. The molecule has 0 aliphatic heterocycles. The highest BCUT2D eigenvalue weighted by Gasteiger charge is 1.96. The molecular weight excluding hydrogens is 318 g/mol. The Morgan fingerprint density at radius 2 is 0.808 bits per heavy atom. The molecule has 0 aliphatic rings. The molecule has 1 aromatic rings. The Labute approximate surface area is 163 Å². The molecule has 0 aromatic heterocycles. The van der Waals surface area contributed by atoms with E-state index in [1.165, 1.54) is 89.9 Å². The molecule has 0 fully saturated rings. The smallest absolute Gasteiger partial charge is 0.217 e. The van der Waals surface area contributed by atoms with Crippen molar-refractivity contribution in [1.82, 2.24) is 0 Å². The first-order chi connectivity index (χ1) is 12.8. The fraction of sp³-hybridized carbons (Fsp3) is 0.708. The quantitative estimate of drug-likeness (QED) is 0.306. The number of carbonyl (C=O) groups is 1. The van der Waals surface area contributed by atoms with Crippen LogP contribution in [-0.2, 0) is 4.79 Å². The van der Waals surface area contributed by atoms with Crippen molar-refractivity contribution in [2.75, 3.05) is 0 Å². The largest absolute Gasteiger partial charge is 0.370 e. The lowest BCUT2D eigenvalue weighted by atomic mass is 10.0. The number of amides is 1. The van der Waals surface area contributed by atoms with Crippen molar-refractivity contribution in [3.05, 3.63) is 36.4 Å². The molecule has 2 N–H and O–H groups in total. The van der Waals surface area contributed by atoms with E-state index in [1.54, 1.807) is 0 Å². The summed E-state index contributed by atoms with van der Waals surface area (Å²) in [4.78, 5) is 10.6. The van der Waals surface area contributed by atoms with Crippen LogP contribution >= 0.6 is 0 Å². The molecule has 2 nitrogen and oxygen atoms in total. The van der Waals surface area contributed by atoms with Crippen molar-refractivity contribution in [2.24, 2.45) is 5.73 Å². The van der Waals surface area contributed by atoms with Gasteiger partial charge in [0.15, 0.2) is 0 Å². The average molecular weight is 362 g/mol. The fourth-order valence-corrected chi connectivity index (χ4v) is 3.06. The van der Waals surface area contributed by atoms with Gasteiger partial charge < -0.3 is 5.73 Å². The van der Waals surface area contributed by atoms with Gasteiger partial charge in [0.25, 0.3) is 0 Å². The first-order valence-corrected chi connectivity index (χ1v) is 11.1. The number of benzene rings is 1. The van der Waals surface area contributed by atoms with Crippen LogP contribution in [0.5, 0.6) is 0 Å². The van der Waals surface area contributed by atoms with Gasteiger partial charge in [0.2, 0.25) is 5.91 Å². The summed E-state index contributed by atoms with van der Waals surface area (Å²) < 4.78 is 0. The van der Waals surface area contributed by atoms with E-state index in [0.29, 0.717) is 6.42 Å². The zero-order valence-corrected chi connectivity index (χ0v) is 17.3. The van der Waals surface area contributed by atoms with E-state index in [9.17, 15) is 4.79 Å². The average Bonchev–Trinajstić information content (AvgIpc) is 2.66. The zero-order valence-electron chi connectivity index (χ0n) is 17.3. The molecular formula is C24H43NO. The Morgan fingerprint density at radius 1 is 0.538 bits per heavy atom. The summed E-state index contributed by atoms with van der Waals surface area (Å²) in [6.45, 7) is 2.28. The summed E-state index contributed by atoms with van der Waals surface area (Å²) in [6, 6.07) is 12.0. The van der Waals surface area contributed by atoms with Crippen LogP contribution in [-0.4, -0.2) is 5.91 Å². The minimum atomic E-state index is -0.153. The summed E-state index contributed by atoms with van der Waals surface area (Å²) in [5.41, 5.74) is 5.11. The molecule has 26 heavy (non-hydrogen) atoms. The third-order valence-electron chi connectivity index (χ3n) is 4.69. The Balaban J connectivity index is 0.000000867. The normalized spacial score (nSPS) is 10.2. The van der Waals surface area contributed by atoms with E-state index >= 15 is 0 Å². The Hall–Kier alpha value is -1.31. The van der Waals surface area contributed by atoms with Gasteiger partial charge in [0, 0.05) is 6.42 Å². The van der Waals surface area contributed by atoms with Crippen LogP contribution in [0.2, 0.25) is 0 Å². The maximum Gasteiger partial charge on any atom is 0.217 e. The fourth-order valence-electron chi connectivity index (χ4n) is 3.06. The molecule has 0 saturated carbocycles. The van der Waals surface area contributed by atoms with Crippen molar-refractivity contribution < 1.29 is 4.79 Å². The standard InChI is InChI=1S/C18H37NO.C6H6/c1-2-3-4-5-6-7-8-9-10-11-12-13-14-15-16-17-18(19)20;1-2-4-6-5-3-1/h2-17H2,1H3,(H2,19,20);1-6H. The van der Waals surface area contributed by atoms with Gasteiger partial charge in [-0.25, -0.2) is 0 Å². The van der Waals surface area contributed by atoms with Gasteiger partial charge in [-0.2, -0.15) is 0 Å². The Kier molecular flexibility index (Phi) is 20.6. The molecule has 1 aromatic carbocycles. The summed E-state index contributed by atoms with van der Waals surface area (Å²) >= 11 is 0. The van der Waals surface area contributed by atoms with Gasteiger partial charge in [-0.05, 0) is 6.42 Å². The number of hydrogen-bond donors (Lipinski definition) is 1. The summed E-state index contributed by atoms with van der Waals surface area (Å²) in [6.07, 6.45) is 20.9. The first-order valence-electron chi connectivity index (χ1n) is 11.1. The van der Waals surface area contributed by atoms with Crippen LogP contribution in [0.1, 0.15) is 110 Å². The minimum Gasteiger partial charge on any atom is -0.370 e. The SMILES string of the molecule is CCCCCCCCCCCCCCCCCC(N)=O.c1ccccc1. The Morgan fingerprint density at radius 3 is 1.08 bits per heavy atom. The van der Waals surface area contributed by atoms with Crippen molar-refractivity contribution in [3.8, 4) is 0 Å². The molecule has 0 saturated heterocycles. The highest BCUT2D eigenvalue weighted by atomic mass is 16.1.